The minimum atomic E-state index is -1.76. The predicted octanol–water partition coefficient (Wildman–Crippen LogP) is 1.24. The van der Waals surface area contributed by atoms with E-state index in [0.717, 1.165) is 7.11 Å². The Morgan fingerprint density at radius 2 is 1.80 bits per heavy atom. The zero-order valence-electron chi connectivity index (χ0n) is 7.58. The number of ether oxygens (including phenoxy) is 1. The van der Waals surface area contributed by atoms with Gasteiger partial charge in [0.1, 0.15) is 5.75 Å². The lowest BCUT2D eigenvalue weighted by atomic mass is 10.1. The quantitative estimate of drug-likeness (QED) is 0.609. The zero-order valence-corrected chi connectivity index (χ0v) is 7.58. The molecule has 0 aliphatic carbocycles. The summed E-state index contributed by atoms with van der Waals surface area (Å²) in [7, 11) is 1.12. The van der Waals surface area contributed by atoms with E-state index in [2.05, 4.69) is 4.74 Å². The van der Waals surface area contributed by atoms with Crippen molar-refractivity contribution in [2.24, 2.45) is 0 Å². The van der Waals surface area contributed by atoms with Gasteiger partial charge >= 0.3 is 5.97 Å². The lowest BCUT2D eigenvalue weighted by Crippen LogP contribution is -2.14. The van der Waals surface area contributed by atoms with Crippen LogP contribution in [0.1, 0.15) is 10.4 Å². The molecule has 0 saturated heterocycles. The first-order valence-corrected chi connectivity index (χ1v) is 3.78. The maximum atomic E-state index is 12.7. The van der Waals surface area contributed by atoms with Crippen molar-refractivity contribution >= 4 is 11.8 Å². The van der Waals surface area contributed by atoms with E-state index in [0.29, 0.717) is 12.1 Å². The highest BCUT2D eigenvalue weighted by molar-refractivity contribution is 6.40. The van der Waals surface area contributed by atoms with E-state index in [1.54, 1.807) is 0 Å². The van der Waals surface area contributed by atoms with Gasteiger partial charge in [-0.25, -0.2) is 13.6 Å². The van der Waals surface area contributed by atoms with Gasteiger partial charge in [0.2, 0.25) is 0 Å². The van der Waals surface area contributed by atoms with Crippen LogP contribution in [0.4, 0.5) is 8.78 Å². The van der Waals surface area contributed by atoms with Gasteiger partial charge in [-0.2, -0.15) is 0 Å². The number of carboxylic acid groups (broad SMARTS) is 1. The summed E-state index contributed by atoms with van der Waals surface area (Å²) < 4.78 is 30.0. The average molecular weight is 216 g/mol. The standard InChI is InChI=1S/C9H6F2O4/c1-15-7-3-6(11)5(10)2-4(7)8(12)9(13)14/h2-3H,1H3,(H,13,14). The summed E-state index contributed by atoms with van der Waals surface area (Å²) in [6.07, 6.45) is 0. The maximum Gasteiger partial charge on any atom is 0.377 e. The highest BCUT2D eigenvalue weighted by Gasteiger charge is 2.21. The Morgan fingerprint density at radius 1 is 1.27 bits per heavy atom. The Kier molecular flexibility index (Phi) is 2.99. The third-order valence-electron chi connectivity index (χ3n) is 1.68. The summed E-state index contributed by atoms with van der Waals surface area (Å²) in [6.45, 7) is 0. The first-order valence-electron chi connectivity index (χ1n) is 3.78. The number of benzene rings is 1. The molecule has 15 heavy (non-hydrogen) atoms. The third kappa shape index (κ3) is 2.09. The number of rotatable bonds is 3. The van der Waals surface area contributed by atoms with Crippen LogP contribution in [0.25, 0.3) is 0 Å². The SMILES string of the molecule is COc1cc(F)c(F)cc1C(=O)C(=O)O. The molecule has 0 fully saturated rings. The normalized spacial score (nSPS) is 9.80. The molecule has 0 heterocycles. The first-order chi connectivity index (χ1) is 6.97. The van der Waals surface area contributed by atoms with Crippen molar-refractivity contribution in [2.45, 2.75) is 0 Å². The molecule has 0 aliphatic rings. The molecule has 0 aliphatic heterocycles. The molecule has 1 aromatic rings. The van der Waals surface area contributed by atoms with Crippen LogP contribution in [-0.2, 0) is 4.79 Å². The third-order valence-corrected chi connectivity index (χ3v) is 1.68. The molecule has 0 atom stereocenters. The summed E-state index contributed by atoms with van der Waals surface area (Å²) in [6, 6.07) is 1.11. The van der Waals surface area contributed by atoms with Crippen molar-refractivity contribution in [3.63, 3.8) is 0 Å². The van der Waals surface area contributed by atoms with E-state index in [1.165, 1.54) is 0 Å². The first kappa shape index (κ1) is 11.1. The molecule has 80 valence electrons. The fourth-order valence-electron chi connectivity index (χ4n) is 0.990. The predicted molar refractivity (Wildman–Crippen MR) is 44.9 cm³/mol. The van der Waals surface area contributed by atoms with Crippen LogP contribution in [0, 0.1) is 11.6 Å². The molecule has 0 unspecified atom stereocenters. The van der Waals surface area contributed by atoms with Crippen molar-refractivity contribution in [3.8, 4) is 5.75 Å². The summed E-state index contributed by atoms with van der Waals surface area (Å²) >= 11 is 0. The Bertz CT molecular complexity index is 428. The number of methoxy groups -OCH3 is 1. The molecule has 1 rings (SSSR count). The number of carbonyl (C=O) groups is 2. The van der Waals surface area contributed by atoms with Crippen LogP contribution in [0.2, 0.25) is 0 Å². The summed E-state index contributed by atoms with van der Waals surface area (Å²) in [4.78, 5) is 21.4. The summed E-state index contributed by atoms with van der Waals surface area (Å²) in [5, 5.41) is 8.39. The summed E-state index contributed by atoms with van der Waals surface area (Å²) in [5.41, 5.74) is -0.524. The second-order valence-electron chi connectivity index (χ2n) is 2.60. The van der Waals surface area contributed by atoms with E-state index in [1.807, 2.05) is 0 Å². The Labute approximate surface area is 83.1 Å². The van der Waals surface area contributed by atoms with Crippen molar-refractivity contribution in [1.82, 2.24) is 0 Å². The van der Waals surface area contributed by atoms with Crippen molar-refractivity contribution in [2.75, 3.05) is 7.11 Å². The van der Waals surface area contributed by atoms with Crippen molar-refractivity contribution in [1.29, 1.82) is 0 Å². The van der Waals surface area contributed by atoms with Crippen LogP contribution >= 0.6 is 0 Å². The van der Waals surface area contributed by atoms with Gasteiger partial charge in [-0.15, -0.1) is 0 Å². The number of hydrogen-bond donors (Lipinski definition) is 1. The molecule has 0 radical (unpaired) electrons. The second kappa shape index (κ2) is 4.04. The molecule has 4 nitrogen and oxygen atoms in total. The molecule has 6 heteroatoms. The van der Waals surface area contributed by atoms with Gasteiger partial charge in [0, 0.05) is 6.07 Å². The smallest absolute Gasteiger partial charge is 0.377 e. The minimum absolute atomic E-state index is 0.318. The van der Waals surface area contributed by atoms with Gasteiger partial charge in [-0.1, -0.05) is 0 Å². The highest BCUT2D eigenvalue weighted by atomic mass is 19.2. The average Bonchev–Trinajstić information content (AvgIpc) is 2.20. The Balaban J connectivity index is 3.34. The van der Waals surface area contributed by atoms with Gasteiger partial charge in [-0.05, 0) is 6.07 Å². The summed E-state index contributed by atoms with van der Waals surface area (Å²) in [5.74, 6) is -5.96. The van der Waals surface area contributed by atoms with E-state index < -0.39 is 29.0 Å². The fraction of sp³-hybridized carbons (Fsp3) is 0.111. The number of carboxylic acids is 1. The van der Waals surface area contributed by atoms with Crippen molar-refractivity contribution in [3.05, 3.63) is 29.3 Å². The number of hydrogen-bond acceptors (Lipinski definition) is 3. The van der Waals surface area contributed by atoms with E-state index in [-0.39, 0.29) is 5.75 Å². The minimum Gasteiger partial charge on any atom is -0.496 e. The van der Waals surface area contributed by atoms with Crippen LogP contribution < -0.4 is 4.74 Å². The molecule has 0 bridgehead atoms. The zero-order chi connectivity index (χ0) is 11.6. The molecular weight excluding hydrogens is 210 g/mol. The number of Topliss-reactive ketones (excluding diaryl/α,β-unsaturated/α-hetero) is 1. The monoisotopic (exact) mass is 216 g/mol. The second-order valence-corrected chi connectivity index (χ2v) is 2.60. The Morgan fingerprint density at radius 3 is 2.27 bits per heavy atom. The molecule has 1 N–H and O–H groups in total. The highest BCUT2D eigenvalue weighted by Crippen LogP contribution is 2.22. The van der Waals surface area contributed by atoms with Crippen LogP contribution in [0.5, 0.6) is 5.75 Å². The maximum absolute atomic E-state index is 12.7. The van der Waals surface area contributed by atoms with Crippen LogP contribution in [0.3, 0.4) is 0 Å². The number of halogens is 2. The van der Waals surface area contributed by atoms with Crippen molar-refractivity contribution < 1.29 is 28.2 Å². The molecular formula is C9H6F2O4. The lowest BCUT2D eigenvalue weighted by molar-refractivity contribution is -0.131. The Hall–Kier alpha value is -1.98. The molecule has 0 spiro atoms. The van der Waals surface area contributed by atoms with Crippen LogP contribution in [-0.4, -0.2) is 24.0 Å². The molecule has 0 amide bonds. The van der Waals surface area contributed by atoms with E-state index >= 15 is 0 Å². The van der Waals surface area contributed by atoms with Crippen LogP contribution in [0.15, 0.2) is 12.1 Å². The van der Waals surface area contributed by atoms with E-state index in [4.69, 9.17) is 5.11 Å². The molecule has 0 saturated carbocycles. The number of carbonyl (C=O) groups excluding carboxylic acids is 1. The van der Waals surface area contributed by atoms with Gasteiger partial charge < -0.3 is 9.84 Å². The largest absolute Gasteiger partial charge is 0.496 e. The topological polar surface area (TPSA) is 63.6 Å². The number of aliphatic carboxylic acids is 1. The van der Waals surface area contributed by atoms with Gasteiger partial charge in [0.05, 0.1) is 12.7 Å². The fourth-order valence-corrected chi connectivity index (χ4v) is 0.990. The van der Waals surface area contributed by atoms with Gasteiger partial charge in [-0.3, -0.25) is 4.79 Å². The van der Waals surface area contributed by atoms with Gasteiger partial charge in [0.25, 0.3) is 5.78 Å². The molecule has 1 aromatic carbocycles. The lowest BCUT2D eigenvalue weighted by Gasteiger charge is -2.05. The van der Waals surface area contributed by atoms with Gasteiger partial charge in [0.15, 0.2) is 11.6 Å². The molecule has 0 aromatic heterocycles. The van der Waals surface area contributed by atoms with E-state index in [9.17, 15) is 18.4 Å². The number of ketones is 1.